The minimum absolute atomic E-state index is 0.140. The number of benzene rings is 1. The predicted octanol–water partition coefficient (Wildman–Crippen LogP) is 2.67. The van der Waals surface area contributed by atoms with Crippen molar-refractivity contribution in [1.29, 1.82) is 0 Å². The highest BCUT2D eigenvalue weighted by atomic mass is 35.5. The van der Waals surface area contributed by atoms with Gasteiger partial charge in [-0.05, 0) is 49.9 Å². The summed E-state index contributed by atoms with van der Waals surface area (Å²) < 4.78 is 29.4. The minimum Gasteiger partial charge on any atom is -0.301 e. The van der Waals surface area contributed by atoms with Crippen molar-refractivity contribution >= 4 is 21.8 Å². The summed E-state index contributed by atoms with van der Waals surface area (Å²) in [6.45, 7) is 3.77. The van der Waals surface area contributed by atoms with E-state index < -0.39 is 10.2 Å². The molecule has 1 heterocycles. The Kier molecular flexibility index (Phi) is 6.74. The molecule has 7 heteroatoms. The van der Waals surface area contributed by atoms with Crippen molar-refractivity contribution in [3.8, 4) is 0 Å². The van der Waals surface area contributed by atoms with Crippen LogP contribution in [-0.2, 0) is 16.6 Å². The summed E-state index contributed by atoms with van der Waals surface area (Å²) in [5.41, 5.74) is 1.26. The number of aryl methyl sites for hydroxylation is 1. The van der Waals surface area contributed by atoms with E-state index >= 15 is 0 Å². The molecule has 0 bridgehead atoms. The Morgan fingerprint density at radius 1 is 1.12 bits per heavy atom. The lowest BCUT2D eigenvalue weighted by molar-refractivity contribution is 0.185. The normalized spacial score (nSPS) is 21.0. The summed E-state index contributed by atoms with van der Waals surface area (Å²) in [6.07, 6.45) is 6.28. The second-order valence-corrected chi connectivity index (χ2v) is 9.22. The number of hydrogen-bond acceptors (Lipinski definition) is 3. The number of hydrogen-bond donors (Lipinski definition) is 1. The fraction of sp³-hybridized carbons (Fsp3) is 0.667. The second kappa shape index (κ2) is 8.82. The van der Waals surface area contributed by atoms with E-state index in [-0.39, 0.29) is 6.04 Å². The minimum atomic E-state index is -3.32. The summed E-state index contributed by atoms with van der Waals surface area (Å²) in [5, 5.41) is 0.783. The van der Waals surface area contributed by atoms with Crippen LogP contribution < -0.4 is 4.72 Å². The number of nitrogens with zero attached hydrogens (tertiary/aromatic N) is 2. The van der Waals surface area contributed by atoms with Gasteiger partial charge in [-0.25, -0.2) is 0 Å². The van der Waals surface area contributed by atoms with Crippen molar-refractivity contribution in [2.24, 2.45) is 0 Å². The quantitative estimate of drug-likeness (QED) is 0.785. The van der Waals surface area contributed by atoms with Crippen LogP contribution in [0.15, 0.2) is 24.3 Å². The van der Waals surface area contributed by atoms with Crippen molar-refractivity contribution in [2.45, 2.75) is 44.6 Å². The Morgan fingerprint density at radius 3 is 2.52 bits per heavy atom. The van der Waals surface area contributed by atoms with E-state index in [2.05, 4.69) is 15.7 Å². The first-order chi connectivity index (χ1) is 12.0. The molecule has 5 nitrogen and oxygen atoms in total. The monoisotopic (exact) mass is 385 g/mol. The molecule has 0 unspecified atom stereocenters. The van der Waals surface area contributed by atoms with Gasteiger partial charge in [-0.15, -0.1) is 0 Å². The first kappa shape index (κ1) is 19.1. The highest BCUT2D eigenvalue weighted by Gasteiger charge is 2.29. The van der Waals surface area contributed by atoms with Crippen molar-refractivity contribution in [3.63, 3.8) is 0 Å². The molecule has 0 atom stereocenters. The van der Waals surface area contributed by atoms with Crippen LogP contribution in [0.2, 0.25) is 5.02 Å². The fourth-order valence-corrected chi connectivity index (χ4v) is 5.38. The van der Waals surface area contributed by atoms with Gasteiger partial charge >= 0.3 is 0 Å². The Balaban J connectivity index is 1.39. The van der Waals surface area contributed by atoms with Crippen LogP contribution in [0.5, 0.6) is 0 Å². The number of halogens is 1. The molecular weight excluding hydrogens is 358 g/mol. The third-order valence-corrected chi connectivity index (χ3v) is 7.08. The van der Waals surface area contributed by atoms with E-state index in [0.29, 0.717) is 13.1 Å². The maximum Gasteiger partial charge on any atom is 0.279 e. The molecule has 2 fully saturated rings. The third-order valence-electron chi connectivity index (χ3n) is 5.17. The summed E-state index contributed by atoms with van der Waals surface area (Å²) in [4.78, 5) is 2.35. The van der Waals surface area contributed by atoms with E-state index in [1.807, 2.05) is 18.2 Å². The Labute approximate surface area is 156 Å². The van der Waals surface area contributed by atoms with Crippen molar-refractivity contribution in [3.05, 3.63) is 34.9 Å². The van der Waals surface area contributed by atoms with E-state index in [1.54, 1.807) is 4.31 Å². The molecule has 0 spiro atoms. The highest BCUT2D eigenvalue weighted by molar-refractivity contribution is 7.87. The van der Waals surface area contributed by atoms with Gasteiger partial charge in [-0.2, -0.15) is 17.4 Å². The van der Waals surface area contributed by atoms with E-state index in [0.717, 1.165) is 63.2 Å². The summed E-state index contributed by atoms with van der Waals surface area (Å²) in [5.74, 6) is 0. The molecule has 1 aliphatic heterocycles. The lowest BCUT2D eigenvalue weighted by Crippen LogP contribution is -2.53. The Bertz CT molecular complexity index is 654. The zero-order chi connectivity index (χ0) is 17.7. The molecule has 1 N–H and O–H groups in total. The van der Waals surface area contributed by atoms with Crippen LogP contribution in [0, 0.1) is 0 Å². The lowest BCUT2D eigenvalue weighted by atomic mass is 10.1. The Hall–Kier alpha value is -0.660. The van der Waals surface area contributed by atoms with E-state index in [9.17, 15) is 8.42 Å². The first-order valence-corrected chi connectivity index (χ1v) is 11.1. The van der Waals surface area contributed by atoms with E-state index in [4.69, 9.17) is 11.6 Å². The second-order valence-electron chi connectivity index (χ2n) is 7.08. The van der Waals surface area contributed by atoms with Gasteiger partial charge in [0.2, 0.25) is 0 Å². The molecule has 0 radical (unpaired) electrons. The maximum absolute atomic E-state index is 12.5. The molecule has 1 saturated carbocycles. The van der Waals surface area contributed by atoms with Crippen LogP contribution in [0.4, 0.5) is 0 Å². The highest BCUT2D eigenvalue weighted by Crippen LogP contribution is 2.19. The van der Waals surface area contributed by atoms with Crippen LogP contribution >= 0.6 is 11.6 Å². The van der Waals surface area contributed by atoms with Gasteiger partial charge in [0.1, 0.15) is 0 Å². The summed E-state index contributed by atoms with van der Waals surface area (Å²) in [7, 11) is -3.32. The number of nitrogens with one attached hydrogen (secondary N) is 1. The molecule has 1 aromatic rings. The first-order valence-electron chi connectivity index (χ1n) is 9.27. The smallest absolute Gasteiger partial charge is 0.279 e. The molecule has 25 heavy (non-hydrogen) atoms. The van der Waals surface area contributed by atoms with Crippen molar-refractivity contribution in [1.82, 2.24) is 13.9 Å². The van der Waals surface area contributed by atoms with Crippen LogP contribution in [0.1, 0.15) is 37.7 Å². The Morgan fingerprint density at radius 2 is 1.84 bits per heavy atom. The van der Waals surface area contributed by atoms with Crippen LogP contribution in [-0.4, -0.2) is 56.4 Å². The average molecular weight is 386 g/mol. The third kappa shape index (κ3) is 5.66. The van der Waals surface area contributed by atoms with Gasteiger partial charge in [-0.1, -0.05) is 36.6 Å². The standard InChI is InChI=1S/C18H28ClN3O2S/c19-17-7-3-5-16(15-17)6-4-10-21-11-13-22(14-12-21)25(23,24)20-18-8-1-2-9-18/h3,5,7,15,18,20H,1-2,4,6,8-14H2. The molecule has 1 aromatic carbocycles. The largest absolute Gasteiger partial charge is 0.301 e. The number of rotatable bonds is 7. The molecule has 0 amide bonds. The van der Waals surface area contributed by atoms with Crippen molar-refractivity contribution in [2.75, 3.05) is 32.7 Å². The van der Waals surface area contributed by atoms with Crippen LogP contribution in [0.25, 0.3) is 0 Å². The van der Waals surface area contributed by atoms with Gasteiger partial charge in [0.05, 0.1) is 0 Å². The van der Waals surface area contributed by atoms with Gasteiger partial charge < -0.3 is 4.90 Å². The zero-order valence-corrected chi connectivity index (χ0v) is 16.2. The average Bonchev–Trinajstić information content (AvgIpc) is 3.08. The predicted molar refractivity (Wildman–Crippen MR) is 102 cm³/mol. The molecule has 1 saturated heterocycles. The molecule has 140 valence electrons. The SMILES string of the molecule is O=S(=O)(NC1CCCC1)N1CCN(CCCc2cccc(Cl)c2)CC1. The number of piperazine rings is 1. The van der Waals surface area contributed by atoms with Crippen LogP contribution in [0.3, 0.4) is 0 Å². The van der Waals surface area contributed by atoms with Gasteiger partial charge in [-0.3, -0.25) is 0 Å². The summed E-state index contributed by atoms with van der Waals surface area (Å²) >= 11 is 6.01. The summed E-state index contributed by atoms with van der Waals surface area (Å²) in [6, 6.07) is 8.13. The molecule has 1 aliphatic carbocycles. The van der Waals surface area contributed by atoms with Gasteiger partial charge in [0.25, 0.3) is 10.2 Å². The van der Waals surface area contributed by atoms with E-state index in [1.165, 1.54) is 5.56 Å². The molecular formula is C18H28ClN3O2S. The van der Waals surface area contributed by atoms with Gasteiger partial charge in [0.15, 0.2) is 0 Å². The molecule has 2 aliphatic rings. The van der Waals surface area contributed by atoms with Crippen molar-refractivity contribution < 1.29 is 8.42 Å². The van der Waals surface area contributed by atoms with Gasteiger partial charge in [0, 0.05) is 37.2 Å². The molecule has 3 rings (SSSR count). The maximum atomic E-state index is 12.5. The lowest BCUT2D eigenvalue weighted by Gasteiger charge is -2.34. The molecule has 0 aromatic heterocycles. The topological polar surface area (TPSA) is 52.7 Å². The zero-order valence-electron chi connectivity index (χ0n) is 14.7. The fourth-order valence-electron chi connectivity index (χ4n) is 3.72.